The number of aliphatic hydroxyl groups excluding tert-OH is 1. The number of aliphatic hydroxyl groups is 1. The largest absolute Gasteiger partial charge is 0.387 e. The van der Waals surface area contributed by atoms with Crippen LogP contribution in [0, 0.1) is 0 Å². The van der Waals surface area contributed by atoms with Crippen LogP contribution in [0.4, 0.5) is 0 Å². The SMILES string of the molecule is O=C(NCC(O)c1ccccc1)C1(c2ccccc2)CC1. The third-order valence-corrected chi connectivity index (χ3v) is 4.15. The molecule has 1 aliphatic carbocycles. The van der Waals surface area contributed by atoms with Gasteiger partial charge in [0.15, 0.2) is 0 Å². The van der Waals surface area contributed by atoms with Gasteiger partial charge in [0.25, 0.3) is 0 Å². The van der Waals surface area contributed by atoms with Gasteiger partial charge in [-0.15, -0.1) is 0 Å². The highest BCUT2D eigenvalue weighted by molar-refractivity contribution is 5.91. The van der Waals surface area contributed by atoms with Gasteiger partial charge in [0.2, 0.25) is 5.91 Å². The van der Waals surface area contributed by atoms with E-state index in [1.54, 1.807) is 0 Å². The fraction of sp³-hybridized carbons (Fsp3) is 0.278. The predicted octanol–water partition coefficient (Wildman–Crippen LogP) is 2.57. The van der Waals surface area contributed by atoms with E-state index in [-0.39, 0.29) is 17.9 Å². The summed E-state index contributed by atoms with van der Waals surface area (Å²) in [5.41, 5.74) is 1.51. The highest BCUT2D eigenvalue weighted by atomic mass is 16.3. The molecule has 3 rings (SSSR count). The summed E-state index contributed by atoms with van der Waals surface area (Å²) in [5, 5.41) is 13.0. The second-order valence-electron chi connectivity index (χ2n) is 5.58. The van der Waals surface area contributed by atoms with E-state index in [1.807, 2.05) is 60.7 Å². The minimum atomic E-state index is -0.665. The van der Waals surface area contributed by atoms with Crippen LogP contribution in [0.3, 0.4) is 0 Å². The van der Waals surface area contributed by atoms with Crippen molar-refractivity contribution in [2.75, 3.05) is 6.54 Å². The second-order valence-corrected chi connectivity index (χ2v) is 5.58. The molecule has 0 bridgehead atoms. The number of nitrogens with one attached hydrogen (secondary N) is 1. The zero-order valence-electron chi connectivity index (χ0n) is 11.8. The number of hydrogen-bond donors (Lipinski definition) is 2. The number of rotatable bonds is 5. The minimum absolute atomic E-state index is 0.0173. The zero-order chi connectivity index (χ0) is 14.7. The molecular weight excluding hydrogens is 262 g/mol. The molecule has 3 nitrogen and oxygen atoms in total. The van der Waals surface area contributed by atoms with Crippen LogP contribution in [0.25, 0.3) is 0 Å². The fourth-order valence-electron chi connectivity index (χ4n) is 2.68. The van der Waals surface area contributed by atoms with E-state index < -0.39 is 6.10 Å². The lowest BCUT2D eigenvalue weighted by Crippen LogP contribution is -2.37. The Kier molecular flexibility index (Phi) is 3.76. The van der Waals surface area contributed by atoms with Crippen molar-refractivity contribution in [1.82, 2.24) is 5.32 Å². The van der Waals surface area contributed by atoms with Crippen molar-refractivity contribution in [2.45, 2.75) is 24.4 Å². The summed E-state index contributed by atoms with van der Waals surface area (Å²) in [6, 6.07) is 19.3. The van der Waals surface area contributed by atoms with Gasteiger partial charge in [-0.05, 0) is 24.0 Å². The van der Waals surface area contributed by atoms with Crippen molar-refractivity contribution in [3.05, 3.63) is 71.8 Å². The second kappa shape index (κ2) is 5.70. The maximum Gasteiger partial charge on any atom is 0.230 e. The van der Waals surface area contributed by atoms with Crippen molar-refractivity contribution in [1.29, 1.82) is 0 Å². The van der Waals surface area contributed by atoms with E-state index in [2.05, 4.69) is 5.32 Å². The predicted molar refractivity (Wildman–Crippen MR) is 81.8 cm³/mol. The van der Waals surface area contributed by atoms with Crippen LogP contribution in [0.5, 0.6) is 0 Å². The quantitative estimate of drug-likeness (QED) is 0.885. The first-order valence-corrected chi connectivity index (χ1v) is 7.29. The average molecular weight is 281 g/mol. The molecule has 2 N–H and O–H groups in total. The summed E-state index contributed by atoms with van der Waals surface area (Å²) < 4.78 is 0. The molecule has 1 saturated carbocycles. The lowest BCUT2D eigenvalue weighted by Gasteiger charge is -2.18. The third-order valence-electron chi connectivity index (χ3n) is 4.15. The Bertz CT molecular complexity index is 606. The monoisotopic (exact) mass is 281 g/mol. The van der Waals surface area contributed by atoms with E-state index in [1.165, 1.54) is 0 Å². The molecule has 1 atom stereocenters. The van der Waals surface area contributed by atoms with Crippen molar-refractivity contribution in [3.63, 3.8) is 0 Å². The summed E-state index contributed by atoms with van der Waals surface area (Å²) in [6.07, 6.45) is 1.09. The molecule has 1 aliphatic rings. The fourth-order valence-corrected chi connectivity index (χ4v) is 2.68. The molecular formula is C18H19NO2. The lowest BCUT2D eigenvalue weighted by atomic mass is 9.95. The molecule has 0 aromatic heterocycles. The summed E-state index contributed by atoms with van der Waals surface area (Å²) in [4.78, 5) is 12.4. The standard InChI is InChI=1S/C18H19NO2/c20-16(14-7-3-1-4-8-14)13-19-17(21)18(11-12-18)15-9-5-2-6-10-15/h1-10,16,20H,11-13H2,(H,19,21). The lowest BCUT2D eigenvalue weighted by molar-refractivity contribution is -0.124. The highest BCUT2D eigenvalue weighted by Gasteiger charge is 2.51. The van der Waals surface area contributed by atoms with Gasteiger partial charge in [0, 0.05) is 6.54 Å². The smallest absolute Gasteiger partial charge is 0.230 e. The topological polar surface area (TPSA) is 49.3 Å². The van der Waals surface area contributed by atoms with E-state index in [0.29, 0.717) is 0 Å². The summed E-state index contributed by atoms with van der Waals surface area (Å²) >= 11 is 0. The van der Waals surface area contributed by atoms with Crippen molar-refractivity contribution in [2.24, 2.45) is 0 Å². The average Bonchev–Trinajstić information content (AvgIpc) is 3.36. The van der Waals surface area contributed by atoms with E-state index in [4.69, 9.17) is 0 Å². The zero-order valence-corrected chi connectivity index (χ0v) is 11.8. The molecule has 108 valence electrons. The molecule has 0 radical (unpaired) electrons. The van der Waals surface area contributed by atoms with Gasteiger partial charge in [-0.25, -0.2) is 0 Å². The van der Waals surface area contributed by atoms with Gasteiger partial charge in [-0.2, -0.15) is 0 Å². The minimum Gasteiger partial charge on any atom is -0.387 e. The highest BCUT2D eigenvalue weighted by Crippen LogP contribution is 2.48. The first-order chi connectivity index (χ1) is 10.2. The van der Waals surface area contributed by atoms with E-state index in [0.717, 1.165) is 24.0 Å². The number of amides is 1. The first-order valence-electron chi connectivity index (χ1n) is 7.29. The van der Waals surface area contributed by atoms with Crippen LogP contribution in [0.1, 0.15) is 30.1 Å². The normalized spacial score (nSPS) is 17.0. The maximum absolute atomic E-state index is 12.4. The Morgan fingerprint density at radius 3 is 2.19 bits per heavy atom. The first kappa shape index (κ1) is 13.8. The van der Waals surface area contributed by atoms with Crippen molar-refractivity contribution in [3.8, 4) is 0 Å². The van der Waals surface area contributed by atoms with Crippen LogP contribution in [-0.2, 0) is 10.2 Å². The Labute approximate surface area is 124 Å². The van der Waals surface area contributed by atoms with Crippen LogP contribution in [0.15, 0.2) is 60.7 Å². The Morgan fingerprint density at radius 1 is 1.05 bits per heavy atom. The molecule has 0 aliphatic heterocycles. The molecule has 21 heavy (non-hydrogen) atoms. The molecule has 2 aromatic rings. The van der Waals surface area contributed by atoms with Gasteiger partial charge in [0.1, 0.15) is 0 Å². The van der Waals surface area contributed by atoms with E-state index in [9.17, 15) is 9.90 Å². The third kappa shape index (κ3) is 2.83. The molecule has 1 fully saturated rings. The van der Waals surface area contributed by atoms with Crippen LogP contribution >= 0.6 is 0 Å². The Hall–Kier alpha value is -2.13. The number of hydrogen-bond acceptors (Lipinski definition) is 2. The molecule has 0 heterocycles. The van der Waals surface area contributed by atoms with Gasteiger partial charge in [-0.3, -0.25) is 4.79 Å². The van der Waals surface area contributed by atoms with Gasteiger partial charge < -0.3 is 10.4 Å². The van der Waals surface area contributed by atoms with E-state index >= 15 is 0 Å². The maximum atomic E-state index is 12.4. The molecule has 1 amide bonds. The van der Waals surface area contributed by atoms with Crippen molar-refractivity contribution >= 4 is 5.91 Å². The van der Waals surface area contributed by atoms with Crippen LogP contribution in [-0.4, -0.2) is 17.6 Å². The molecule has 0 saturated heterocycles. The number of benzene rings is 2. The molecule has 1 unspecified atom stereocenters. The summed E-state index contributed by atoms with van der Waals surface area (Å²) in [6.45, 7) is 0.247. The Balaban J connectivity index is 1.63. The number of carbonyl (C=O) groups excluding carboxylic acids is 1. The van der Waals surface area contributed by atoms with Gasteiger partial charge in [0.05, 0.1) is 11.5 Å². The Morgan fingerprint density at radius 2 is 1.62 bits per heavy atom. The molecule has 2 aromatic carbocycles. The molecule has 0 spiro atoms. The summed E-state index contributed by atoms with van der Waals surface area (Å²) in [7, 11) is 0. The van der Waals surface area contributed by atoms with Crippen molar-refractivity contribution < 1.29 is 9.90 Å². The van der Waals surface area contributed by atoms with Gasteiger partial charge in [-0.1, -0.05) is 60.7 Å². The molecule has 3 heteroatoms. The van der Waals surface area contributed by atoms with Crippen LogP contribution < -0.4 is 5.32 Å². The van der Waals surface area contributed by atoms with Crippen LogP contribution in [0.2, 0.25) is 0 Å². The summed E-state index contributed by atoms with van der Waals surface area (Å²) in [5.74, 6) is 0.0173. The number of carbonyl (C=O) groups is 1. The van der Waals surface area contributed by atoms with Gasteiger partial charge >= 0.3 is 0 Å².